The topological polar surface area (TPSA) is 56.7 Å². The van der Waals surface area contributed by atoms with Crippen LogP contribution in [0.5, 0.6) is 0 Å². The summed E-state index contributed by atoms with van der Waals surface area (Å²) < 4.78 is 0. The molecule has 0 unspecified atom stereocenters. The Bertz CT molecular complexity index is 598. The third-order valence-electron chi connectivity index (χ3n) is 5.08. The van der Waals surface area contributed by atoms with Crippen molar-refractivity contribution in [1.29, 1.82) is 0 Å². The van der Waals surface area contributed by atoms with Gasteiger partial charge in [0.1, 0.15) is 0 Å². The molecule has 1 amide bonds. The van der Waals surface area contributed by atoms with E-state index in [4.69, 9.17) is 0 Å². The van der Waals surface area contributed by atoms with Crippen molar-refractivity contribution in [2.75, 3.05) is 34.2 Å². The van der Waals surface area contributed by atoms with Crippen molar-refractivity contribution in [1.82, 2.24) is 15.5 Å². The number of carbonyl (C=O) groups is 1. The standard InChI is InChI=1S/C21H34N4O.HI/c1-22-21(23-14-12-17-8-5-4-6-9-17)24-15-13-18-10-7-11-19(16-18)20(26)25(2)3;/h7,10-11,16-17H,4-6,8-9,12-15H2,1-3H3,(H2,22,23,24);1H. The first kappa shape index (κ1) is 23.7. The fraction of sp³-hybridized carbons (Fsp3) is 0.619. The summed E-state index contributed by atoms with van der Waals surface area (Å²) in [6, 6.07) is 7.85. The number of carbonyl (C=O) groups excluding carboxylic acids is 1. The highest BCUT2D eigenvalue weighted by molar-refractivity contribution is 14.0. The van der Waals surface area contributed by atoms with Gasteiger partial charge in [-0.2, -0.15) is 0 Å². The maximum Gasteiger partial charge on any atom is 0.253 e. The zero-order valence-electron chi connectivity index (χ0n) is 17.0. The number of amides is 1. The van der Waals surface area contributed by atoms with E-state index in [-0.39, 0.29) is 29.9 Å². The van der Waals surface area contributed by atoms with Gasteiger partial charge in [0.15, 0.2) is 5.96 Å². The lowest BCUT2D eigenvalue weighted by atomic mass is 9.87. The second-order valence-corrected chi connectivity index (χ2v) is 7.37. The molecule has 0 atom stereocenters. The molecule has 0 heterocycles. The van der Waals surface area contributed by atoms with Crippen LogP contribution in [0.1, 0.15) is 54.4 Å². The molecule has 0 saturated heterocycles. The number of hydrogen-bond acceptors (Lipinski definition) is 2. The van der Waals surface area contributed by atoms with Crippen LogP contribution in [-0.2, 0) is 6.42 Å². The first-order chi connectivity index (χ1) is 12.6. The van der Waals surface area contributed by atoms with Crippen molar-refractivity contribution < 1.29 is 4.79 Å². The van der Waals surface area contributed by atoms with E-state index in [1.54, 1.807) is 19.0 Å². The van der Waals surface area contributed by atoms with Gasteiger partial charge in [0.2, 0.25) is 0 Å². The van der Waals surface area contributed by atoms with Gasteiger partial charge in [0.25, 0.3) is 5.91 Å². The second kappa shape index (κ2) is 13.0. The van der Waals surface area contributed by atoms with Gasteiger partial charge in [-0.25, -0.2) is 0 Å². The van der Waals surface area contributed by atoms with Gasteiger partial charge in [-0.15, -0.1) is 24.0 Å². The van der Waals surface area contributed by atoms with Crippen molar-refractivity contribution in [3.8, 4) is 0 Å². The van der Waals surface area contributed by atoms with E-state index < -0.39 is 0 Å². The Hall–Kier alpha value is -1.31. The fourth-order valence-corrected chi connectivity index (χ4v) is 3.53. The van der Waals surface area contributed by atoms with E-state index >= 15 is 0 Å². The maximum absolute atomic E-state index is 12.1. The Balaban J connectivity index is 0.00000364. The first-order valence-corrected chi connectivity index (χ1v) is 9.85. The average molecular weight is 486 g/mol. The van der Waals surface area contributed by atoms with E-state index in [1.807, 2.05) is 25.2 Å². The molecule has 27 heavy (non-hydrogen) atoms. The van der Waals surface area contributed by atoms with Crippen LogP contribution >= 0.6 is 24.0 Å². The highest BCUT2D eigenvalue weighted by atomic mass is 127. The summed E-state index contributed by atoms with van der Waals surface area (Å²) in [5.74, 6) is 1.78. The molecule has 6 heteroatoms. The molecule has 0 radical (unpaired) electrons. The van der Waals surface area contributed by atoms with Crippen LogP contribution in [-0.4, -0.2) is 51.0 Å². The minimum Gasteiger partial charge on any atom is -0.356 e. The number of aliphatic imine (C=N–C) groups is 1. The van der Waals surface area contributed by atoms with E-state index in [1.165, 1.54) is 38.5 Å². The molecule has 0 spiro atoms. The molecule has 1 aromatic rings. The zero-order valence-corrected chi connectivity index (χ0v) is 19.3. The lowest BCUT2D eigenvalue weighted by Gasteiger charge is -2.22. The van der Waals surface area contributed by atoms with Gasteiger partial charge in [-0.05, 0) is 36.5 Å². The smallest absolute Gasteiger partial charge is 0.253 e. The summed E-state index contributed by atoms with van der Waals surface area (Å²) in [6.45, 7) is 1.78. The summed E-state index contributed by atoms with van der Waals surface area (Å²) in [6.07, 6.45) is 9.06. The van der Waals surface area contributed by atoms with Gasteiger partial charge in [-0.1, -0.05) is 44.2 Å². The Labute approximate surface area is 181 Å². The van der Waals surface area contributed by atoms with Crippen LogP contribution in [0.25, 0.3) is 0 Å². The van der Waals surface area contributed by atoms with Crippen LogP contribution in [0.15, 0.2) is 29.3 Å². The van der Waals surface area contributed by atoms with Gasteiger partial charge < -0.3 is 15.5 Å². The van der Waals surface area contributed by atoms with Crippen molar-refractivity contribution in [2.24, 2.45) is 10.9 Å². The van der Waals surface area contributed by atoms with E-state index in [0.717, 1.165) is 42.5 Å². The van der Waals surface area contributed by atoms with Crippen molar-refractivity contribution in [2.45, 2.75) is 44.9 Å². The Kier molecular flexibility index (Phi) is 11.4. The number of guanidine groups is 1. The molecule has 0 bridgehead atoms. The van der Waals surface area contributed by atoms with Gasteiger partial charge in [-0.3, -0.25) is 9.79 Å². The monoisotopic (exact) mass is 486 g/mol. The van der Waals surface area contributed by atoms with Crippen LogP contribution in [0.3, 0.4) is 0 Å². The number of benzene rings is 1. The number of hydrogen-bond donors (Lipinski definition) is 2. The van der Waals surface area contributed by atoms with E-state index in [0.29, 0.717) is 0 Å². The van der Waals surface area contributed by atoms with Gasteiger partial charge >= 0.3 is 0 Å². The third-order valence-corrected chi connectivity index (χ3v) is 5.08. The zero-order chi connectivity index (χ0) is 18.8. The second-order valence-electron chi connectivity index (χ2n) is 7.37. The van der Waals surface area contributed by atoms with Crippen LogP contribution in [0.4, 0.5) is 0 Å². The molecule has 1 aliphatic carbocycles. The average Bonchev–Trinajstić information content (AvgIpc) is 2.67. The fourth-order valence-electron chi connectivity index (χ4n) is 3.53. The molecule has 5 nitrogen and oxygen atoms in total. The van der Waals surface area contributed by atoms with Crippen molar-refractivity contribution >= 4 is 35.8 Å². The van der Waals surface area contributed by atoms with Crippen LogP contribution in [0, 0.1) is 5.92 Å². The Morgan fingerprint density at radius 2 is 1.85 bits per heavy atom. The summed E-state index contributed by atoms with van der Waals surface area (Å²) in [7, 11) is 5.37. The number of nitrogens with zero attached hydrogens (tertiary/aromatic N) is 2. The number of rotatable bonds is 7. The first-order valence-electron chi connectivity index (χ1n) is 9.85. The minimum absolute atomic E-state index is 0. The van der Waals surface area contributed by atoms with E-state index in [2.05, 4.69) is 21.7 Å². The lowest BCUT2D eigenvalue weighted by molar-refractivity contribution is 0.0827. The summed E-state index contributed by atoms with van der Waals surface area (Å²) in [5, 5.41) is 6.80. The van der Waals surface area contributed by atoms with Gasteiger partial charge in [0.05, 0.1) is 0 Å². The minimum atomic E-state index is 0. The normalized spacial score (nSPS) is 15.0. The highest BCUT2D eigenvalue weighted by Crippen LogP contribution is 2.25. The molecule has 1 saturated carbocycles. The maximum atomic E-state index is 12.1. The van der Waals surface area contributed by atoms with Crippen molar-refractivity contribution in [3.63, 3.8) is 0 Å². The SMILES string of the molecule is CN=C(NCCc1cccc(C(=O)N(C)C)c1)NCCC1CCCCC1.I. The third kappa shape index (κ3) is 8.49. The quantitative estimate of drug-likeness (QED) is 0.351. The molecule has 1 aromatic carbocycles. The lowest BCUT2D eigenvalue weighted by Crippen LogP contribution is -2.39. The summed E-state index contributed by atoms with van der Waals surface area (Å²) in [5.41, 5.74) is 1.89. The molecule has 152 valence electrons. The molecule has 2 rings (SSSR count). The van der Waals surface area contributed by atoms with Crippen LogP contribution < -0.4 is 10.6 Å². The molecule has 0 aromatic heterocycles. The van der Waals surface area contributed by atoms with Gasteiger partial charge in [0, 0.05) is 39.8 Å². The summed E-state index contributed by atoms with van der Waals surface area (Å²) >= 11 is 0. The molecule has 2 N–H and O–H groups in total. The molecular weight excluding hydrogens is 451 g/mol. The van der Waals surface area contributed by atoms with Crippen LogP contribution in [0.2, 0.25) is 0 Å². The van der Waals surface area contributed by atoms with Crippen molar-refractivity contribution in [3.05, 3.63) is 35.4 Å². The number of halogens is 1. The molecule has 1 aliphatic rings. The predicted octanol–water partition coefficient (Wildman–Crippen LogP) is 3.68. The summed E-state index contributed by atoms with van der Waals surface area (Å²) in [4.78, 5) is 18.0. The largest absolute Gasteiger partial charge is 0.356 e. The Morgan fingerprint density at radius 3 is 2.52 bits per heavy atom. The highest BCUT2D eigenvalue weighted by Gasteiger charge is 2.13. The van der Waals surface area contributed by atoms with E-state index in [9.17, 15) is 4.79 Å². The molecule has 0 aliphatic heterocycles. The molecule has 1 fully saturated rings. The predicted molar refractivity (Wildman–Crippen MR) is 124 cm³/mol. The molecular formula is C21H35IN4O. The Morgan fingerprint density at radius 1 is 1.15 bits per heavy atom. The number of nitrogens with one attached hydrogen (secondary N) is 2.